The van der Waals surface area contributed by atoms with Crippen LogP contribution in [0.4, 0.5) is 0 Å². The Morgan fingerprint density at radius 1 is 1.00 bits per heavy atom. The Kier molecular flexibility index (Phi) is 6.49. The molecule has 0 bridgehead atoms. The molecule has 1 N–H and O–H groups in total. The Morgan fingerprint density at radius 3 is 2.17 bits per heavy atom. The van der Waals surface area contributed by atoms with E-state index in [1.165, 1.54) is 11.8 Å². The lowest BCUT2D eigenvalue weighted by Crippen LogP contribution is -2.27. The van der Waals surface area contributed by atoms with Crippen molar-refractivity contribution in [2.75, 3.05) is 0 Å². The van der Waals surface area contributed by atoms with Crippen LogP contribution >= 0.6 is 11.8 Å². The van der Waals surface area contributed by atoms with E-state index >= 15 is 0 Å². The van der Waals surface area contributed by atoms with Crippen LogP contribution < -0.4 is 5.32 Å². The quantitative estimate of drug-likeness (QED) is 0.617. The molecule has 0 saturated carbocycles. The third-order valence-electron chi connectivity index (χ3n) is 4.76. The maximum Gasteiger partial charge on any atom is 0.218 e. The van der Waals surface area contributed by atoms with E-state index in [4.69, 9.17) is 0 Å². The highest BCUT2D eigenvalue weighted by atomic mass is 32.2. The lowest BCUT2D eigenvalue weighted by atomic mass is 9.86. The van der Waals surface area contributed by atoms with Crippen molar-refractivity contribution in [1.29, 1.82) is 0 Å². The maximum atomic E-state index is 13.2. The molecule has 2 aromatic carbocycles. The van der Waals surface area contributed by atoms with Gasteiger partial charge in [0.05, 0.1) is 0 Å². The highest BCUT2D eigenvalue weighted by Crippen LogP contribution is 2.38. The molecule has 1 aliphatic rings. The monoisotopic (exact) mass is 403 g/mol. The highest BCUT2D eigenvalue weighted by Gasteiger charge is 2.30. The molecule has 0 amide bonds. The summed E-state index contributed by atoms with van der Waals surface area (Å²) < 4.78 is -0.130. The van der Waals surface area contributed by atoms with Crippen LogP contribution in [0.3, 0.4) is 0 Å². The van der Waals surface area contributed by atoms with Gasteiger partial charge < -0.3 is 5.32 Å². The molecule has 1 heterocycles. The number of rotatable bonds is 4. The molecule has 0 saturated heterocycles. The Labute approximate surface area is 178 Å². The second-order valence-corrected chi connectivity index (χ2v) is 10.2. The van der Waals surface area contributed by atoms with Crippen molar-refractivity contribution in [1.82, 2.24) is 5.32 Å². The minimum Gasteiger partial charge on any atom is -0.358 e. The molecule has 2 nitrogen and oxygen atoms in total. The summed E-state index contributed by atoms with van der Waals surface area (Å²) in [5, 5.41) is 3.61. The molecule has 0 spiro atoms. The van der Waals surface area contributed by atoms with Crippen molar-refractivity contribution < 1.29 is 4.79 Å². The van der Waals surface area contributed by atoms with Crippen LogP contribution in [0.5, 0.6) is 0 Å². The fourth-order valence-electron chi connectivity index (χ4n) is 3.45. The number of thioether (sulfide) groups is 1. The van der Waals surface area contributed by atoms with Gasteiger partial charge >= 0.3 is 0 Å². The van der Waals surface area contributed by atoms with E-state index in [0.717, 1.165) is 33.7 Å². The molecule has 3 heteroatoms. The van der Waals surface area contributed by atoms with E-state index in [2.05, 4.69) is 69.4 Å². The van der Waals surface area contributed by atoms with Gasteiger partial charge in [0.1, 0.15) is 0 Å². The van der Waals surface area contributed by atoms with Gasteiger partial charge in [-0.05, 0) is 31.1 Å². The van der Waals surface area contributed by atoms with Crippen LogP contribution in [0, 0.1) is 5.92 Å². The first-order valence-electron chi connectivity index (χ1n) is 9.96. The smallest absolute Gasteiger partial charge is 0.218 e. The number of hydrogen-bond donors (Lipinski definition) is 1. The summed E-state index contributed by atoms with van der Waals surface area (Å²) >= 11 is 1.40. The van der Waals surface area contributed by atoms with Crippen molar-refractivity contribution in [3.63, 3.8) is 0 Å². The SMILES string of the molecule is CC1=C(C(=O)SC(C)(C)C)C(/C(C)=C\c2ccccc2)C=C(c2ccccc2)N1. The third-order valence-corrected chi connectivity index (χ3v) is 5.78. The first-order chi connectivity index (χ1) is 13.7. The fraction of sp³-hybridized carbons (Fsp3) is 0.269. The fourth-order valence-corrected chi connectivity index (χ4v) is 4.40. The highest BCUT2D eigenvalue weighted by molar-refractivity contribution is 8.15. The molecular weight excluding hydrogens is 374 g/mol. The van der Waals surface area contributed by atoms with Gasteiger partial charge in [-0.25, -0.2) is 0 Å². The van der Waals surface area contributed by atoms with Crippen LogP contribution in [0.2, 0.25) is 0 Å². The summed E-state index contributed by atoms with van der Waals surface area (Å²) in [4.78, 5) is 13.2. The minimum atomic E-state index is -0.130. The number of hydrogen-bond acceptors (Lipinski definition) is 3. The normalized spacial score (nSPS) is 17.6. The first-order valence-corrected chi connectivity index (χ1v) is 10.8. The van der Waals surface area contributed by atoms with Crippen molar-refractivity contribution in [3.8, 4) is 0 Å². The Hall–Kier alpha value is -2.52. The second-order valence-electron chi connectivity index (χ2n) is 8.39. The van der Waals surface area contributed by atoms with Gasteiger partial charge in [0, 0.05) is 27.6 Å². The number of allylic oxidation sites excluding steroid dienone is 3. The Bertz CT molecular complexity index is 963. The lowest BCUT2D eigenvalue weighted by Gasteiger charge is -2.29. The number of benzene rings is 2. The molecule has 0 radical (unpaired) electrons. The summed E-state index contributed by atoms with van der Waals surface area (Å²) in [6, 6.07) is 20.6. The number of carbonyl (C=O) groups is 1. The second kappa shape index (κ2) is 8.87. The van der Waals surface area contributed by atoms with Crippen molar-refractivity contribution >= 4 is 28.7 Å². The Morgan fingerprint density at radius 2 is 1.59 bits per heavy atom. The molecule has 150 valence electrons. The van der Waals surface area contributed by atoms with Crippen LogP contribution in [-0.2, 0) is 4.79 Å². The third kappa shape index (κ3) is 5.51. The predicted octanol–water partition coefficient (Wildman–Crippen LogP) is 6.68. The van der Waals surface area contributed by atoms with Gasteiger partial charge in [-0.15, -0.1) is 0 Å². The molecule has 3 rings (SSSR count). The molecule has 1 aliphatic heterocycles. The summed E-state index contributed by atoms with van der Waals surface area (Å²) in [6.07, 6.45) is 4.37. The van der Waals surface area contributed by atoms with Gasteiger partial charge in [0.2, 0.25) is 5.12 Å². The lowest BCUT2D eigenvalue weighted by molar-refractivity contribution is -0.108. The zero-order valence-corrected chi connectivity index (χ0v) is 18.6. The molecule has 1 unspecified atom stereocenters. The number of nitrogens with one attached hydrogen (secondary N) is 1. The van der Waals surface area contributed by atoms with Gasteiger partial charge in [-0.3, -0.25) is 4.79 Å². The van der Waals surface area contributed by atoms with Crippen molar-refractivity contribution in [3.05, 3.63) is 94.7 Å². The maximum absolute atomic E-state index is 13.2. The predicted molar refractivity (Wildman–Crippen MR) is 126 cm³/mol. The molecule has 0 aromatic heterocycles. The van der Waals surface area contributed by atoms with E-state index in [9.17, 15) is 4.79 Å². The summed E-state index contributed by atoms with van der Waals surface area (Å²) in [5.41, 5.74) is 6.24. The van der Waals surface area contributed by atoms with E-state index < -0.39 is 0 Å². The van der Waals surface area contributed by atoms with Gasteiger partial charge in [0.15, 0.2) is 0 Å². The molecule has 29 heavy (non-hydrogen) atoms. The van der Waals surface area contributed by atoms with Crippen molar-refractivity contribution in [2.45, 2.75) is 39.4 Å². The van der Waals surface area contributed by atoms with Crippen LogP contribution in [0.1, 0.15) is 45.7 Å². The minimum absolute atomic E-state index is 0.0611. The molecule has 2 aromatic rings. The summed E-state index contributed by atoms with van der Waals surface area (Å²) in [5.74, 6) is -0.0611. The van der Waals surface area contributed by atoms with Crippen LogP contribution in [0.25, 0.3) is 11.8 Å². The van der Waals surface area contributed by atoms with Crippen LogP contribution in [0.15, 0.2) is 83.6 Å². The zero-order chi connectivity index (χ0) is 21.0. The van der Waals surface area contributed by atoms with Gasteiger partial charge in [-0.2, -0.15) is 0 Å². The average molecular weight is 404 g/mol. The van der Waals surface area contributed by atoms with Gasteiger partial charge in [-0.1, -0.05) is 105 Å². The van der Waals surface area contributed by atoms with Crippen LogP contribution in [-0.4, -0.2) is 9.86 Å². The molecule has 1 atom stereocenters. The average Bonchev–Trinajstić information content (AvgIpc) is 2.67. The van der Waals surface area contributed by atoms with Gasteiger partial charge in [0.25, 0.3) is 0 Å². The number of carbonyl (C=O) groups excluding carboxylic acids is 1. The standard InChI is InChI=1S/C26H29NOS/c1-18(16-20-12-8-6-9-13-20)22-17-23(21-14-10-7-11-15-21)27-19(2)24(22)25(28)29-26(3,4)5/h6-17,22,27H,1-5H3/b18-16-. The zero-order valence-electron chi connectivity index (χ0n) is 17.8. The Balaban J connectivity index is 2.04. The molecule has 0 fully saturated rings. The van der Waals surface area contributed by atoms with E-state index in [1.54, 1.807) is 0 Å². The molecular formula is C26H29NOS. The largest absolute Gasteiger partial charge is 0.358 e. The summed E-state index contributed by atoms with van der Waals surface area (Å²) in [6.45, 7) is 10.4. The van der Waals surface area contributed by atoms with E-state index in [0.29, 0.717) is 0 Å². The summed E-state index contributed by atoms with van der Waals surface area (Å²) in [7, 11) is 0. The first kappa shape index (κ1) is 21.2. The number of dihydropyridines is 1. The van der Waals surface area contributed by atoms with E-state index in [-0.39, 0.29) is 15.8 Å². The van der Waals surface area contributed by atoms with E-state index in [1.807, 2.05) is 43.3 Å². The molecule has 0 aliphatic carbocycles. The van der Waals surface area contributed by atoms with Crippen molar-refractivity contribution in [2.24, 2.45) is 5.92 Å². The topological polar surface area (TPSA) is 29.1 Å².